The fourth-order valence-electron chi connectivity index (χ4n) is 3.24. The van der Waals surface area contributed by atoms with Gasteiger partial charge in [0.2, 0.25) is 5.91 Å². The van der Waals surface area contributed by atoms with Crippen molar-refractivity contribution >= 4 is 52.3 Å². The highest BCUT2D eigenvalue weighted by Gasteiger charge is 2.55. The van der Waals surface area contributed by atoms with E-state index in [1.165, 1.54) is 23.2 Å². The first-order chi connectivity index (χ1) is 13.8. The Bertz CT molecular complexity index is 1040. The first-order valence-corrected chi connectivity index (χ1v) is 9.47. The maximum Gasteiger partial charge on any atom is 0.263 e. The number of nitrogens with one attached hydrogen (secondary N) is 1. The van der Waals surface area contributed by atoms with E-state index in [0.717, 1.165) is 10.5 Å². The molecule has 4 rings (SSSR count). The lowest BCUT2D eigenvalue weighted by molar-refractivity contribution is -0.123. The number of nitrogens with zero attached hydrogens (tertiary/aromatic N) is 4. The van der Waals surface area contributed by atoms with Gasteiger partial charge in [-0.3, -0.25) is 19.4 Å². The zero-order valence-corrected chi connectivity index (χ0v) is 16.7. The maximum absolute atomic E-state index is 12.9. The molecule has 10 heteroatoms. The number of amides is 3. The molecule has 2 aromatic carbocycles. The Morgan fingerprint density at radius 2 is 1.83 bits per heavy atom. The largest absolute Gasteiger partial charge is 0.324 e. The van der Waals surface area contributed by atoms with Gasteiger partial charge in [0, 0.05) is 10.7 Å². The quantitative estimate of drug-likeness (QED) is 0.751. The van der Waals surface area contributed by atoms with Crippen LogP contribution in [0.25, 0.3) is 0 Å². The van der Waals surface area contributed by atoms with E-state index in [-0.39, 0.29) is 23.2 Å². The number of rotatable bonds is 4. The summed E-state index contributed by atoms with van der Waals surface area (Å²) in [7, 11) is 0. The summed E-state index contributed by atoms with van der Waals surface area (Å²) in [6.07, 6.45) is 0. The average molecular weight is 432 g/mol. The Hall–Kier alpha value is -2.97. The van der Waals surface area contributed by atoms with Gasteiger partial charge < -0.3 is 5.32 Å². The highest BCUT2D eigenvalue weighted by atomic mass is 35.5. The van der Waals surface area contributed by atoms with Gasteiger partial charge in [0.05, 0.1) is 10.7 Å². The molecular formula is C19H15Cl2N5O3. The summed E-state index contributed by atoms with van der Waals surface area (Å²) < 4.78 is 0. The van der Waals surface area contributed by atoms with Gasteiger partial charge in [-0.1, -0.05) is 46.1 Å². The summed E-state index contributed by atoms with van der Waals surface area (Å²) in [6.45, 7) is 1.72. The standard InChI is InChI=1S/C19H15Cl2N5O3/c1-10-2-5-12(6-3-10)22-15(27)9-25-17-16(23-24-25)18(28)26(19(17)29)14-7-4-11(20)8-13(14)21/h2-8,16-17H,9H2,1H3,(H,22,27)/t16-,17+/m0/s1. The summed E-state index contributed by atoms with van der Waals surface area (Å²) in [5.41, 5.74) is 1.91. The lowest BCUT2D eigenvalue weighted by atomic mass is 10.1. The summed E-state index contributed by atoms with van der Waals surface area (Å²) in [5, 5.41) is 12.3. The number of benzene rings is 2. The van der Waals surface area contributed by atoms with E-state index < -0.39 is 23.9 Å². The summed E-state index contributed by atoms with van der Waals surface area (Å²) in [5.74, 6) is -1.47. The predicted octanol–water partition coefficient (Wildman–Crippen LogP) is 3.23. The molecular weight excluding hydrogens is 417 g/mol. The van der Waals surface area contributed by atoms with Crippen LogP contribution in [0.15, 0.2) is 52.8 Å². The van der Waals surface area contributed by atoms with Crippen molar-refractivity contribution in [2.75, 3.05) is 16.8 Å². The highest BCUT2D eigenvalue weighted by Crippen LogP contribution is 2.36. The number of aryl methyl sites for hydroxylation is 1. The van der Waals surface area contributed by atoms with Gasteiger partial charge >= 0.3 is 0 Å². The Balaban J connectivity index is 1.50. The average Bonchev–Trinajstić information content (AvgIpc) is 3.18. The van der Waals surface area contributed by atoms with Gasteiger partial charge in [-0.2, -0.15) is 5.11 Å². The third-order valence-corrected chi connectivity index (χ3v) is 5.19. The fraction of sp³-hybridized carbons (Fsp3) is 0.211. The van der Waals surface area contributed by atoms with Crippen LogP contribution in [0.3, 0.4) is 0 Å². The van der Waals surface area contributed by atoms with Crippen LogP contribution in [-0.2, 0) is 14.4 Å². The van der Waals surface area contributed by atoms with E-state index in [1.54, 1.807) is 12.1 Å². The zero-order chi connectivity index (χ0) is 20.7. The number of fused-ring (bicyclic) bond motifs is 1. The first kappa shape index (κ1) is 19.4. The molecule has 2 aliphatic rings. The van der Waals surface area contributed by atoms with E-state index in [0.29, 0.717) is 10.7 Å². The minimum atomic E-state index is -1.01. The first-order valence-electron chi connectivity index (χ1n) is 8.72. The third kappa shape index (κ3) is 3.56. The van der Waals surface area contributed by atoms with Crippen LogP contribution in [0.2, 0.25) is 10.0 Å². The number of halogens is 2. The van der Waals surface area contributed by atoms with Gasteiger partial charge in [-0.25, -0.2) is 4.90 Å². The molecule has 148 valence electrons. The van der Waals surface area contributed by atoms with Crippen molar-refractivity contribution in [3.8, 4) is 0 Å². The second-order valence-corrected chi connectivity index (χ2v) is 7.56. The molecule has 0 radical (unpaired) electrons. The number of carbonyl (C=O) groups is 3. The molecule has 1 saturated heterocycles. The summed E-state index contributed by atoms with van der Waals surface area (Å²) >= 11 is 12.0. The van der Waals surface area contributed by atoms with Crippen molar-refractivity contribution in [3.05, 3.63) is 58.1 Å². The maximum atomic E-state index is 12.9. The number of carbonyl (C=O) groups excluding carboxylic acids is 3. The van der Waals surface area contributed by atoms with Crippen LogP contribution in [-0.4, -0.2) is 41.4 Å². The summed E-state index contributed by atoms with van der Waals surface area (Å²) in [4.78, 5) is 39.0. The van der Waals surface area contributed by atoms with Gasteiger partial charge in [0.1, 0.15) is 6.54 Å². The molecule has 0 unspecified atom stereocenters. The van der Waals surface area contributed by atoms with Crippen LogP contribution in [0.1, 0.15) is 5.56 Å². The third-order valence-electron chi connectivity index (χ3n) is 4.65. The fourth-order valence-corrected chi connectivity index (χ4v) is 3.73. The van der Waals surface area contributed by atoms with Crippen LogP contribution in [0.4, 0.5) is 11.4 Å². The Labute approximate surface area is 176 Å². The van der Waals surface area contributed by atoms with Gasteiger partial charge in [-0.05, 0) is 37.3 Å². The van der Waals surface area contributed by atoms with E-state index in [2.05, 4.69) is 15.7 Å². The number of hydrogen-bond acceptors (Lipinski definition) is 6. The van der Waals surface area contributed by atoms with Crippen LogP contribution >= 0.6 is 23.2 Å². The van der Waals surface area contributed by atoms with Crippen molar-refractivity contribution in [2.45, 2.75) is 19.0 Å². The molecule has 0 saturated carbocycles. The van der Waals surface area contributed by atoms with Crippen molar-refractivity contribution in [3.63, 3.8) is 0 Å². The normalized spacial score (nSPS) is 20.4. The Kier molecular flexibility index (Phi) is 4.97. The molecule has 2 aromatic rings. The molecule has 2 aliphatic heterocycles. The molecule has 0 aromatic heterocycles. The van der Waals surface area contributed by atoms with Gasteiger partial charge in [0.25, 0.3) is 11.8 Å². The predicted molar refractivity (Wildman–Crippen MR) is 108 cm³/mol. The molecule has 2 atom stereocenters. The molecule has 2 heterocycles. The zero-order valence-electron chi connectivity index (χ0n) is 15.2. The van der Waals surface area contributed by atoms with Crippen LogP contribution in [0, 0.1) is 6.92 Å². The Morgan fingerprint density at radius 1 is 1.10 bits per heavy atom. The molecule has 1 N–H and O–H groups in total. The summed E-state index contributed by atoms with van der Waals surface area (Å²) in [6, 6.07) is 9.76. The van der Waals surface area contributed by atoms with Crippen molar-refractivity contribution in [1.82, 2.24) is 5.01 Å². The van der Waals surface area contributed by atoms with Crippen molar-refractivity contribution in [1.29, 1.82) is 0 Å². The monoisotopic (exact) mass is 431 g/mol. The van der Waals surface area contributed by atoms with E-state index in [4.69, 9.17) is 23.2 Å². The number of hydrogen-bond donors (Lipinski definition) is 1. The van der Waals surface area contributed by atoms with Crippen LogP contribution < -0.4 is 10.2 Å². The van der Waals surface area contributed by atoms with E-state index in [1.807, 2.05) is 19.1 Å². The number of anilines is 2. The van der Waals surface area contributed by atoms with Gasteiger partial charge in [0.15, 0.2) is 12.1 Å². The second kappa shape index (κ2) is 7.46. The molecule has 29 heavy (non-hydrogen) atoms. The highest BCUT2D eigenvalue weighted by molar-refractivity contribution is 6.38. The van der Waals surface area contributed by atoms with E-state index in [9.17, 15) is 14.4 Å². The molecule has 3 amide bonds. The lowest BCUT2D eigenvalue weighted by Crippen LogP contribution is -2.43. The molecule has 0 bridgehead atoms. The van der Waals surface area contributed by atoms with Crippen LogP contribution in [0.5, 0.6) is 0 Å². The van der Waals surface area contributed by atoms with E-state index >= 15 is 0 Å². The molecule has 0 aliphatic carbocycles. The minimum absolute atomic E-state index is 0.166. The second-order valence-electron chi connectivity index (χ2n) is 6.71. The molecule has 1 fully saturated rings. The topological polar surface area (TPSA) is 94.4 Å². The molecule has 0 spiro atoms. The van der Waals surface area contributed by atoms with Gasteiger partial charge in [-0.15, -0.1) is 0 Å². The minimum Gasteiger partial charge on any atom is -0.324 e. The number of imide groups is 1. The SMILES string of the molecule is Cc1ccc(NC(=O)CN2N=N[C@@H]3C(=O)N(c4ccc(Cl)cc4Cl)C(=O)[C@@H]32)cc1. The smallest absolute Gasteiger partial charge is 0.263 e. The lowest BCUT2D eigenvalue weighted by Gasteiger charge is -2.20. The van der Waals surface area contributed by atoms with Crippen molar-refractivity contribution < 1.29 is 14.4 Å². The van der Waals surface area contributed by atoms with Crippen molar-refractivity contribution in [2.24, 2.45) is 10.3 Å². The molecule has 8 nitrogen and oxygen atoms in total. The Morgan fingerprint density at radius 3 is 2.52 bits per heavy atom.